The van der Waals surface area contributed by atoms with Gasteiger partial charge in [0.15, 0.2) is 0 Å². The second-order valence-corrected chi connectivity index (χ2v) is 19.6. The summed E-state index contributed by atoms with van der Waals surface area (Å²) in [5.41, 5.74) is 5.15. The van der Waals surface area contributed by atoms with Crippen LogP contribution >= 0.6 is 115 Å². The Morgan fingerprint density at radius 1 is 0.679 bits per heavy atom. The molecule has 28 heavy (non-hydrogen) atoms. The Labute approximate surface area is 204 Å². The third kappa shape index (κ3) is 7.75. The number of rotatable bonds is 0. The molecule has 0 atom stereocenters. The van der Waals surface area contributed by atoms with Crippen LogP contribution in [0.2, 0.25) is 0 Å². The van der Waals surface area contributed by atoms with Crippen LogP contribution in [-0.4, -0.2) is 0 Å². The van der Waals surface area contributed by atoms with Gasteiger partial charge in [-0.25, -0.2) is 0 Å². The number of hydrogen-bond acceptors (Lipinski definition) is 11. The first-order valence-electron chi connectivity index (χ1n) is 6.74. The molecule has 154 valence electrons. The molecule has 0 saturated heterocycles. The number of hydrogen-bond donors (Lipinski definition) is 1. The van der Waals surface area contributed by atoms with Gasteiger partial charge in [0.25, 0.3) is 0 Å². The maximum absolute atomic E-state index is 12.6. The minimum atomic E-state index is -4.34. The smallest absolute Gasteiger partial charge is 0.398 e. The normalized spacial score (nSPS) is 16.2. The van der Waals surface area contributed by atoms with E-state index in [4.69, 9.17) is 5.73 Å². The molecule has 2 N–H and O–H groups in total. The van der Waals surface area contributed by atoms with Crippen molar-refractivity contribution in [2.75, 3.05) is 5.73 Å². The minimum Gasteiger partial charge on any atom is -0.398 e. The van der Waals surface area contributed by atoms with Crippen molar-refractivity contribution >= 4 is 120 Å². The van der Waals surface area contributed by atoms with Crippen LogP contribution in [0, 0.1) is 0 Å². The highest BCUT2D eigenvalue weighted by Gasteiger charge is 2.32. The lowest BCUT2D eigenvalue weighted by Crippen LogP contribution is -2.06. The molecule has 0 aliphatic carbocycles. The maximum atomic E-state index is 12.6. The molecule has 0 bridgehead atoms. The predicted molar refractivity (Wildman–Crippen MR) is 139 cm³/mol. The average Bonchev–Trinajstić information content (AvgIpc) is 3.02. The molecule has 2 aliphatic rings. The fourth-order valence-electron chi connectivity index (χ4n) is 1.75. The summed E-state index contributed by atoms with van der Waals surface area (Å²) in [6.07, 6.45) is -4.34. The zero-order valence-electron chi connectivity index (χ0n) is 13.2. The van der Waals surface area contributed by atoms with E-state index >= 15 is 0 Å². The van der Waals surface area contributed by atoms with Crippen molar-refractivity contribution in [3.63, 3.8) is 0 Å². The first-order valence-corrected chi connectivity index (χ1v) is 19.0. The molecule has 0 amide bonds. The highest BCUT2D eigenvalue weighted by molar-refractivity contribution is 9.36. The van der Waals surface area contributed by atoms with E-state index in [2.05, 4.69) is 24.3 Å². The van der Waals surface area contributed by atoms with E-state index < -0.39 is 11.7 Å². The zero-order valence-corrected chi connectivity index (χ0v) is 22.1. The lowest BCUT2D eigenvalue weighted by Gasteiger charge is -2.12. The molecule has 0 aromatic heterocycles. The first-order chi connectivity index (χ1) is 12.9. The van der Waals surface area contributed by atoms with Gasteiger partial charge in [-0.1, -0.05) is 12.1 Å². The fraction of sp³-hybridized carbons (Fsp3) is 0.0769. The number of fused-ring (bicyclic) bond motifs is 2. The standard InChI is InChI=1S/C7H4F3NS5.C6H4S5.ClH/c8-7(9,10)3-1-4(11)6-5(2-3)12-14-16-15-13-6;1-2-4-6-5(3-1)7-9-11-10-8-6;/h1-2H,11H2;1-4H;1H. The van der Waals surface area contributed by atoms with Gasteiger partial charge in [0, 0.05) is 20.4 Å². The van der Waals surface area contributed by atoms with Crippen molar-refractivity contribution in [2.45, 2.75) is 25.8 Å². The van der Waals surface area contributed by atoms with Crippen LogP contribution < -0.4 is 5.73 Å². The molecule has 1 nitrogen and oxygen atoms in total. The second kappa shape index (κ2) is 12.8. The largest absolute Gasteiger partial charge is 0.416 e. The Morgan fingerprint density at radius 2 is 1.18 bits per heavy atom. The van der Waals surface area contributed by atoms with Gasteiger partial charge in [0.05, 0.1) is 10.5 Å². The Bertz CT molecular complexity index is 769. The van der Waals surface area contributed by atoms with Gasteiger partial charge in [-0.05, 0) is 126 Å². The number of halogens is 4. The number of nitrogens with two attached hydrogens (primary N) is 1. The van der Waals surface area contributed by atoms with E-state index in [0.717, 1.165) is 17.0 Å². The van der Waals surface area contributed by atoms with Crippen LogP contribution in [0.15, 0.2) is 56.0 Å². The van der Waals surface area contributed by atoms with Gasteiger partial charge in [-0.3, -0.25) is 0 Å². The molecule has 2 heterocycles. The number of alkyl halides is 3. The lowest BCUT2D eigenvalue weighted by atomic mass is 10.2. The number of anilines is 1. The Balaban J connectivity index is 0.000000205. The Morgan fingerprint density at radius 3 is 1.71 bits per heavy atom. The minimum absolute atomic E-state index is 0. The summed E-state index contributed by atoms with van der Waals surface area (Å²) in [5.74, 6) is 0. The molecule has 0 spiro atoms. The average molecular weight is 592 g/mol. The molecule has 2 aromatic carbocycles. The quantitative estimate of drug-likeness (QED) is 0.234. The van der Waals surface area contributed by atoms with Gasteiger partial charge in [-0.2, -0.15) is 13.2 Å². The number of benzene rings is 2. The van der Waals surface area contributed by atoms with Gasteiger partial charge in [0.2, 0.25) is 0 Å². The molecular formula is C13H9ClF3NS10. The monoisotopic (exact) mass is 591 g/mol. The molecule has 15 heteroatoms. The summed E-state index contributed by atoms with van der Waals surface area (Å²) >= 11 is 0. The van der Waals surface area contributed by atoms with Crippen molar-refractivity contribution in [1.29, 1.82) is 0 Å². The van der Waals surface area contributed by atoms with E-state index in [0.29, 0.717) is 4.90 Å². The summed E-state index contributed by atoms with van der Waals surface area (Å²) in [6.45, 7) is 0. The van der Waals surface area contributed by atoms with Crippen molar-refractivity contribution in [3.8, 4) is 0 Å². The molecule has 0 unspecified atom stereocenters. The number of nitrogen functional groups attached to an aromatic ring is 1. The second-order valence-electron chi connectivity index (χ2n) is 4.58. The SMILES string of the molecule is Cl.Nc1cc(C(F)(F)F)cc2c1SSSSS2.c1ccc2c(c1)SSSSS2. The van der Waals surface area contributed by atoms with Gasteiger partial charge in [-0.15, -0.1) is 12.4 Å². The highest BCUT2D eigenvalue weighted by atomic mass is 35.5. The third-order valence-corrected chi connectivity index (χ3v) is 19.9. The van der Waals surface area contributed by atoms with E-state index in [1.165, 1.54) is 60.9 Å². The van der Waals surface area contributed by atoms with E-state index in [-0.39, 0.29) is 18.1 Å². The lowest BCUT2D eigenvalue weighted by molar-refractivity contribution is -0.137. The molecule has 0 fully saturated rings. The van der Waals surface area contributed by atoms with Crippen LogP contribution in [0.4, 0.5) is 18.9 Å². The summed E-state index contributed by atoms with van der Waals surface area (Å²) in [6, 6.07) is 10.7. The fourth-order valence-corrected chi connectivity index (χ4v) is 19.6. The Kier molecular flexibility index (Phi) is 11.9. The van der Waals surface area contributed by atoms with Gasteiger partial charge >= 0.3 is 6.18 Å². The van der Waals surface area contributed by atoms with Crippen LogP contribution in [-0.2, 0) is 6.18 Å². The first kappa shape index (κ1) is 26.1. The van der Waals surface area contributed by atoms with E-state index in [9.17, 15) is 13.2 Å². The zero-order chi connectivity index (χ0) is 19.3. The molecule has 4 rings (SSSR count). The summed E-state index contributed by atoms with van der Waals surface area (Å²) in [7, 11) is 16.4. The maximum Gasteiger partial charge on any atom is 0.416 e. The van der Waals surface area contributed by atoms with E-state index in [1.807, 2.05) is 51.1 Å². The van der Waals surface area contributed by atoms with Crippen molar-refractivity contribution in [1.82, 2.24) is 0 Å². The molecule has 2 aromatic rings. The van der Waals surface area contributed by atoms with Crippen LogP contribution in [0.3, 0.4) is 0 Å². The van der Waals surface area contributed by atoms with Crippen LogP contribution in [0.25, 0.3) is 0 Å². The van der Waals surface area contributed by atoms with Crippen molar-refractivity contribution in [2.24, 2.45) is 0 Å². The van der Waals surface area contributed by atoms with Gasteiger partial charge in [0.1, 0.15) is 0 Å². The topological polar surface area (TPSA) is 26.0 Å². The summed E-state index contributed by atoms with van der Waals surface area (Å²) in [4.78, 5) is 4.08. The van der Waals surface area contributed by atoms with Crippen molar-refractivity contribution in [3.05, 3.63) is 42.0 Å². The molecule has 0 radical (unpaired) electrons. The molecule has 2 aliphatic heterocycles. The van der Waals surface area contributed by atoms with Crippen LogP contribution in [0.1, 0.15) is 5.56 Å². The molecule has 0 saturated carbocycles. The van der Waals surface area contributed by atoms with E-state index in [1.54, 1.807) is 0 Å². The van der Waals surface area contributed by atoms with Gasteiger partial charge < -0.3 is 5.73 Å². The summed E-state index contributed by atoms with van der Waals surface area (Å²) in [5, 5.41) is 0. The van der Waals surface area contributed by atoms with Crippen LogP contribution in [0.5, 0.6) is 0 Å². The third-order valence-electron chi connectivity index (χ3n) is 2.86. The van der Waals surface area contributed by atoms with Crippen molar-refractivity contribution < 1.29 is 13.2 Å². The Hall–Kier alpha value is 1.82. The molecular weight excluding hydrogens is 583 g/mol. The highest BCUT2D eigenvalue weighted by Crippen LogP contribution is 2.61. The predicted octanol–water partition coefficient (Wildman–Crippen LogP) is 10.5. The summed E-state index contributed by atoms with van der Waals surface area (Å²) < 4.78 is 37.7.